The highest BCUT2D eigenvalue weighted by Gasteiger charge is 2.50. The minimum atomic E-state index is -3.79. The fourth-order valence-corrected chi connectivity index (χ4v) is 7.23. The number of halogens is 3. The maximum absolute atomic E-state index is 11.7. The van der Waals surface area contributed by atoms with Gasteiger partial charge in [-0.25, -0.2) is 13.6 Å². The zero-order valence-electron chi connectivity index (χ0n) is 21.3. The van der Waals surface area contributed by atoms with Crippen LogP contribution in [0.3, 0.4) is 0 Å². The number of sulfonamides is 1. The van der Waals surface area contributed by atoms with Gasteiger partial charge in [-0.05, 0) is 80.0 Å². The van der Waals surface area contributed by atoms with Crippen LogP contribution in [0.25, 0.3) is 11.3 Å². The summed E-state index contributed by atoms with van der Waals surface area (Å²) < 4.78 is 35.4. The summed E-state index contributed by atoms with van der Waals surface area (Å²) in [7, 11) is -3.79. The minimum Gasteiger partial charge on any atom is -0.489 e. The molecule has 3 N–H and O–H groups in total. The van der Waals surface area contributed by atoms with E-state index in [2.05, 4.69) is 5.16 Å². The van der Waals surface area contributed by atoms with Crippen LogP contribution in [0, 0.1) is 5.92 Å². The number of aromatic nitrogens is 1. The Kier molecular flexibility index (Phi) is 7.30. The predicted molar refractivity (Wildman–Crippen MR) is 154 cm³/mol. The predicted octanol–water partition coefficient (Wildman–Crippen LogP) is 7.03. The van der Waals surface area contributed by atoms with Gasteiger partial charge in [0.1, 0.15) is 23.8 Å². The Balaban J connectivity index is 1.14. The first-order valence-electron chi connectivity index (χ1n) is 13.0. The van der Waals surface area contributed by atoms with Crippen LogP contribution >= 0.6 is 34.8 Å². The van der Waals surface area contributed by atoms with Gasteiger partial charge in [0.15, 0.2) is 0 Å². The maximum Gasteiger partial charge on any atom is 0.238 e. The van der Waals surface area contributed by atoms with Crippen molar-refractivity contribution in [2.24, 2.45) is 11.1 Å². The van der Waals surface area contributed by atoms with Crippen LogP contribution in [0.15, 0.2) is 74.8 Å². The normalized spacial score (nSPS) is 24.7. The van der Waals surface area contributed by atoms with E-state index in [1.807, 2.05) is 12.1 Å². The Morgan fingerprint density at radius 2 is 1.77 bits per heavy atom. The molecular weight excluding hydrogens is 595 g/mol. The van der Waals surface area contributed by atoms with Gasteiger partial charge in [-0.3, -0.25) is 0 Å². The summed E-state index contributed by atoms with van der Waals surface area (Å²) in [5, 5.41) is 22.4. The Labute approximate surface area is 247 Å². The molecule has 0 aliphatic heterocycles. The number of benzene rings is 2. The molecule has 2 fully saturated rings. The molecule has 0 amide bonds. The first kappa shape index (κ1) is 27.8. The quantitative estimate of drug-likeness (QED) is 0.279. The first-order chi connectivity index (χ1) is 19.0. The number of nitrogens with zero attached hydrogens (tertiary/aromatic N) is 1. The van der Waals surface area contributed by atoms with Crippen molar-refractivity contribution in [1.29, 1.82) is 0 Å². The summed E-state index contributed by atoms with van der Waals surface area (Å²) >= 11 is 19.6. The largest absolute Gasteiger partial charge is 0.489 e. The molecule has 2 aromatic carbocycles. The van der Waals surface area contributed by atoms with E-state index in [0.29, 0.717) is 57.3 Å². The van der Waals surface area contributed by atoms with Gasteiger partial charge in [0, 0.05) is 22.4 Å². The van der Waals surface area contributed by atoms with Crippen LogP contribution in [-0.4, -0.2) is 24.3 Å². The summed E-state index contributed by atoms with van der Waals surface area (Å²) in [5.74, 6) is 1.42. The molecule has 3 aliphatic carbocycles. The average molecular weight is 622 g/mol. The molecule has 3 aromatic rings. The van der Waals surface area contributed by atoms with Gasteiger partial charge in [0.25, 0.3) is 0 Å². The maximum atomic E-state index is 11.7. The molecule has 3 aliphatic rings. The summed E-state index contributed by atoms with van der Waals surface area (Å²) in [6.07, 6.45) is 7.17. The van der Waals surface area contributed by atoms with Crippen LogP contribution in [0.4, 0.5) is 0 Å². The van der Waals surface area contributed by atoms with Gasteiger partial charge in [0.2, 0.25) is 10.0 Å². The van der Waals surface area contributed by atoms with Gasteiger partial charge >= 0.3 is 0 Å². The fraction of sp³-hybridized carbons (Fsp3) is 0.345. The first-order valence-corrected chi connectivity index (χ1v) is 15.7. The summed E-state index contributed by atoms with van der Waals surface area (Å²) in [6.45, 7) is 0.204. The van der Waals surface area contributed by atoms with Gasteiger partial charge in [-0.15, -0.1) is 0 Å². The molecular formula is C29H27Cl3N2O5S. The lowest BCUT2D eigenvalue weighted by Gasteiger charge is -2.49. The van der Waals surface area contributed by atoms with Crippen molar-refractivity contribution >= 4 is 44.8 Å². The van der Waals surface area contributed by atoms with Crippen molar-refractivity contribution < 1.29 is 22.8 Å². The van der Waals surface area contributed by atoms with Crippen LogP contribution in [-0.2, 0) is 21.4 Å². The van der Waals surface area contributed by atoms with Gasteiger partial charge < -0.3 is 14.4 Å². The lowest BCUT2D eigenvalue weighted by Crippen LogP contribution is -2.49. The highest BCUT2D eigenvalue weighted by Crippen LogP contribution is 2.53. The van der Waals surface area contributed by atoms with Crippen molar-refractivity contribution in [1.82, 2.24) is 5.16 Å². The van der Waals surface area contributed by atoms with E-state index in [1.165, 1.54) is 6.07 Å². The highest BCUT2D eigenvalue weighted by molar-refractivity contribution is 7.89. The minimum absolute atomic E-state index is 0.0160. The molecule has 0 saturated heterocycles. The van der Waals surface area contributed by atoms with Crippen LogP contribution in [0.1, 0.15) is 60.8 Å². The van der Waals surface area contributed by atoms with Crippen molar-refractivity contribution in [2.75, 3.05) is 0 Å². The Morgan fingerprint density at radius 1 is 1.07 bits per heavy atom. The SMILES string of the molecule is NS(=O)(=O)c1cccc([C@H]2C[C@](O)(C3CC=C(OCc4c(-c5c(Cl)cccc5Cl)noc4C4CC4)C=C3Cl)C2)c1. The molecule has 0 spiro atoms. The van der Waals surface area contributed by atoms with Gasteiger partial charge in [-0.2, -0.15) is 0 Å². The van der Waals surface area contributed by atoms with Crippen LogP contribution < -0.4 is 5.14 Å². The number of hydrogen-bond acceptors (Lipinski definition) is 6. The second-order valence-corrected chi connectivity index (χ2v) is 13.6. The number of hydrogen-bond donors (Lipinski definition) is 2. The van der Waals surface area contributed by atoms with E-state index >= 15 is 0 Å². The molecule has 2 saturated carbocycles. The second kappa shape index (κ2) is 10.5. The Bertz CT molecular complexity index is 1620. The molecule has 1 unspecified atom stereocenters. The highest BCUT2D eigenvalue weighted by atomic mass is 35.5. The monoisotopic (exact) mass is 620 g/mol. The number of nitrogens with two attached hydrogens (primary N) is 1. The molecule has 210 valence electrons. The molecule has 1 aromatic heterocycles. The fourth-order valence-electron chi connectivity index (χ4n) is 5.68. The lowest BCUT2D eigenvalue weighted by molar-refractivity contribution is -0.0837. The number of ether oxygens (including phenoxy) is 1. The Morgan fingerprint density at radius 3 is 2.42 bits per heavy atom. The molecule has 0 radical (unpaired) electrons. The van der Waals surface area contributed by atoms with Crippen LogP contribution in [0.5, 0.6) is 0 Å². The zero-order chi connectivity index (χ0) is 28.2. The van der Waals surface area contributed by atoms with E-state index in [-0.39, 0.29) is 23.3 Å². The zero-order valence-corrected chi connectivity index (χ0v) is 24.4. The van der Waals surface area contributed by atoms with E-state index < -0.39 is 15.6 Å². The van der Waals surface area contributed by atoms with Crippen molar-refractivity contribution in [3.05, 3.63) is 92.3 Å². The third kappa shape index (κ3) is 5.33. The van der Waals surface area contributed by atoms with Gasteiger partial charge in [-0.1, -0.05) is 58.2 Å². The number of rotatable bonds is 8. The van der Waals surface area contributed by atoms with E-state index in [1.54, 1.807) is 36.4 Å². The number of aliphatic hydroxyl groups is 1. The molecule has 40 heavy (non-hydrogen) atoms. The standard InChI is InChI=1S/C29H27Cl3N2O5S/c30-23-5-2-6-24(31)26(23)27-21(28(39-34-27)16-7-8-16)15-38-19-9-10-22(25(32)12-19)29(35)13-18(14-29)17-3-1-4-20(11-17)40(33,36)37/h1-6,9,11-12,16,18,22,35H,7-8,10,13-15H2,(H2,33,36,37)/t18-,22?,29+. The van der Waals surface area contributed by atoms with E-state index in [9.17, 15) is 13.5 Å². The lowest BCUT2D eigenvalue weighted by atomic mass is 9.61. The van der Waals surface area contributed by atoms with Crippen LogP contribution in [0.2, 0.25) is 10.0 Å². The van der Waals surface area contributed by atoms with Crippen molar-refractivity contribution in [2.45, 2.75) is 61.0 Å². The average Bonchev–Trinajstić information content (AvgIpc) is 3.65. The molecule has 0 bridgehead atoms. The topological polar surface area (TPSA) is 116 Å². The molecule has 7 nitrogen and oxygen atoms in total. The summed E-state index contributed by atoms with van der Waals surface area (Å²) in [5.41, 5.74) is 1.83. The smallest absolute Gasteiger partial charge is 0.238 e. The molecule has 6 rings (SSSR count). The van der Waals surface area contributed by atoms with E-state index in [0.717, 1.165) is 29.7 Å². The third-order valence-electron chi connectivity index (χ3n) is 8.02. The van der Waals surface area contributed by atoms with E-state index in [4.69, 9.17) is 49.2 Å². The van der Waals surface area contributed by atoms with Crippen molar-refractivity contribution in [3.63, 3.8) is 0 Å². The summed E-state index contributed by atoms with van der Waals surface area (Å²) in [6, 6.07) is 11.9. The molecule has 1 atom stereocenters. The number of primary sulfonamides is 1. The molecule has 11 heteroatoms. The van der Waals surface area contributed by atoms with Crippen molar-refractivity contribution in [3.8, 4) is 11.3 Å². The van der Waals surface area contributed by atoms with Gasteiger partial charge in [0.05, 0.1) is 26.1 Å². The number of allylic oxidation sites excluding steroid dienone is 2. The third-order valence-corrected chi connectivity index (χ3v) is 9.94. The molecule has 1 heterocycles. The second-order valence-electron chi connectivity index (χ2n) is 10.8. The Hall–Kier alpha value is -2.33. The summed E-state index contributed by atoms with van der Waals surface area (Å²) in [4.78, 5) is 0.0680.